The van der Waals surface area contributed by atoms with Crippen molar-refractivity contribution in [2.75, 3.05) is 73.1 Å². The van der Waals surface area contributed by atoms with Gasteiger partial charge in [0.15, 0.2) is 0 Å². The normalized spacial score (nSPS) is 13.3. The molecule has 5 rings (SSSR count). The standard InChI is InChI=1S/C58H64O20.CH5N/c1-5-51(59)71-31-11-9-29-69-43-21-17-41(18-22-43)55(63)77-49-27-25-45(37-47(49)57(65)73-35-33-67-7-3)75-53(61)39-13-15-40(16-14-39)54(62)76-46-26-28-50(48(38-46)58(66)74-36-34-68-8-4)78-56(64)42-19-23-44(24-20-42)70-30-10-12-32-72-52(60)6-2;1-2/h5-6,17-28,37-40H,1-2,7-16,29-36H2,3-4H3;2H2,1H3. The maximum atomic E-state index is 13.5. The molecule has 21 heteroatoms. The van der Waals surface area contributed by atoms with Crippen molar-refractivity contribution in [2.24, 2.45) is 17.6 Å². The lowest BCUT2D eigenvalue weighted by Crippen LogP contribution is -2.30. The molecule has 1 aliphatic carbocycles. The molecule has 0 aliphatic heterocycles. The number of carbonyl (C=O) groups is 8. The van der Waals surface area contributed by atoms with Gasteiger partial charge in [-0.3, -0.25) is 9.59 Å². The van der Waals surface area contributed by atoms with Crippen LogP contribution in [0.4, 0.5) is 0 Å². The minimum Gasteiger partial charge on any atom is -0.494 e. The van der Waals surface area contributed by atoms with Gasteiger partial charge in [-0.05, 0) is 157 Å². The largest absolute Gasteiger partial charge is 0.494 e. The van der Waals surface area contributed by atoms with Gasteiger partial charge in [-0.15, -0.1) is 0 Å². The van der Waals surface area contributed by atoms with Crippen LogP contribution in [-0.2, 0) is 47.6 Å². The molecule has 80 heavy (non-hydrogen) atoms. The Morgan fingerprint density at radius 2 is 0.787 bits per heavy atom. The van der Waals surface area contributed by atoms with Crippen LogP contribution in [0, 0.1) is 11.8 Å². The number of nitrogens with two attached hydrogens (primary N) is 1. The molecule has 0 amide bonds. The van der Waals surface area contributed by atoms with Gasteiger partial charge in [-0.1, -0.05) is 13.2 Å². The first-order chi connectivity index (χ1) is 38.8. The number of unbranched alkanes of at least 4 members (excludes halogenated alkanes) is 2. The molecule has 2 N–H and O–H groups in total. The molecular weight excluding hydrogens is 1040 g/mol. The summed E-state index contributed by atoms with van der Waals surface area (Å²) in [7, 11) is 1.50. The van der Waals surface area contributed by atoms with Crippen molar-refractivity contribution in [3.8, 4) is 34.5 Å². The molecule has 1 aliphatic rings. The van der Waals surface area contributed by atoms with E-state index >= 15 is 0 Å². The van der Waals surface area contributed by atoms with E-state index < -0.39 is 59.6 Å². The van der Waals surface area contributed by atoms with Crippen LogP contribution >= 0.6 is 0 Å². The first-order valence-corrected chi connectivity index (χ1v) is 26.1. The highest BCUT2D eigenvalue weighted by molar-refractivity contribution is 5.98. The second-order valence-electron chi connectivity index (χ2n) is 17.1. The molecule has 21 nitrogen and oxygen atoms in total. The van der Waals surface area contributed by atoms with E-state index in [1.807, 2.05) is 0 Å². The third-order valence-corrected chi connectivity index (χ3v) is 11.5. The monoisotopic (exact) mass is 1110 g/mol. The minimum absolute atomic E-state index is 0.0161. The lowest BCUT2D eigenvalue weighted by atomic mass is 9.82. The highest BCUT2D eigenvalue weighted by atomic mass is 16.6. The van der Waals surface area contributed by atoms with Crippen molar-refractivity contribution >= 4 is 47.8 Å². The number of hydrogen-bond acceptors (Lipinski definition) is 21. The Morgan fingerprint density at radius 3 is 1.14 bits per heavy atom. The summed E-state index contributed by atoms with van der Waals surface area (Å²) in [6, 6.07) is 20.2. The molecule has 0 spiro atoms. The smallest absolute Gasteiger partial charge is 0.343 e. The van der Waals surface area contributed by atoms with Gasteiger partial charge in [-0.2, -0.15) is 0 Å². The Hall–Kier alpha value is -8.40. The topological polar surface area (TPSA) is 273 Å². The van der Waals surface area contributed by atoms with Crippen LogP contribution in [0.5, 0.6) is 34.5 Å². The van der Waals surface area contributed by atoms with E-state index in [0.717, 1.165) is 12.2 Å². The zero-order chi connectivity index (χ0) is 58.1. The van der Waals surface area contributed by atoms with Gasteiger partial charge in [0, 0.05) is 25.4 Å². The molecule has 0 saturated heterocycles. The maximum absolute atomic E-state index is 13.5. The third kappa shape index (κ3) is 22.2. The third-order valence-electron chi connectivity index (χ3n) is 11.5. The fraction of sp³-hybridized carbons (Fsp3) is 0.390. The summed E-state index contributed by atoms with van der Waals surface area (Å²) in [5.41, 5.74) is 4.44. The molecule has 0 atom stereocenters. The summed E-state index contributed by atoms with van der Waals surface area (Å²) in [6.07, 6.45) is 5.61. The molecule has 1 saturated carbocycles. The van der Waals surface area contributed by atoms with Crippen LogP contribution in [0.2, 0.25) is 0 Å². The van der Waals surface area contributed by atoms with E-state index in [9.17, 15) is 38.4 Å². The van der Waals surface area contributed by atoms with Crippen LogP contribution in [0.1, 0.15) is 107 Å². The highest BCUT2D eigenvalue weighted by Crippen LogP contribution is 2.34. The first kappa shape index (κ1) is 64.1. The fourth-order valence-corrected chi connectivity index (χ4v) is 7.38. The van der Waals surface area contributed by atoms with Gasteiger partial charge < -0.3 is 62.6 Å². The summed E-state index contributed by atoms with van der Waals surface area (Å²) >= 11 is 0. The van der Waals surface area contributed by atoms with E-state index in [2.05, 4.69) is 18.9 Å². The van der Waals surface area contributed by atoms with Crippen molar-refractivity contribution in [3.63, 3.8) is 0 Å². The lowest BCUT2D eigenvalue weighted by Gasteiger charge is -2.26. The summed E-state index contributed by atoms with van der Waals surface area (Å²) in [5, 5.41) is 0. The summed E-state index contributed by atoms with van der Waals surface area (Å²) < 4.78 is 65.3. The summed E-state index contributed by atoms with van der Waals surface area (Å²) in [4.78, 5) is 103. The molecule has 430 valence electrons. The fourth-order valence-electron chi connectivity index (χ4n) is 7.38. The number of benzene rings is 4. The second-order valence-corrected chi connectivity index (χ2v) is 17.1. The Bertz CT molecular complexity index is 2490. The van der Waals surface area contributed by atoms with Crippen molar-refractivity contribution in [3.05, 3.63) is 132 Å². The molecule has 0 heterocycles. The Labute approximate surface area is 464 Å². The average molecular weight is 1110 g/mol. The molecule has 0 radical (unpaired) electrons. The van der Waals surface area contributed by atoms with Crippen LogP contribution < -0.4 is 34.2 Å². The second kappa shape index (κ2) is 35.9. The van der Waals surface area contributed by atoms with E-state index in [1.54, 1.807) is 38.1 Å². The molecular formula is C59H69NO20. The van der Waals surface area contributed by atoms with Crippen LogP contribution in [0.25, 0.3) is 0 Å². The van der Waals surface area contributed by atoms with Gasteiger partial charge in [0.1, 0.15) is 58.8 Å². The van der Waals surface area contributed by atoms with Gasteiger partial charge in [0.25, 0.3) is 0 Å². The molecule has 0 bridgehead atoms. The van der Waals surface area contributed by atoms with Crippen molar-refractivity contribution in [2.45, 2.75) is 65.2 Å². The van der Waals surface area contributed by atoms with Crippen molar-refractivity contribution < 1.29 is 95.2 Å². The molecule has 4 aromatic carbocycles. The number of hydrogen-bond donors (Lipinski definition) is 1. The zero-order valence-electron chi connectivity index (χ0n) is 45.3. The predicted octanol–water partition coefficient (Wildman–Crippen LogP) is 8.18. The van der Waals surface area contributed by atoms with E-state index in [0.29, 0.717) is 63.6 Å². The number of carbonyl (C=O) groups excluding carboxylic acids is 8. The first-order valence-electron chi connectivity index (χ1n) is 26.1. The SMILES string of the molecule is C=CC(=O)OCCCCOc1ccc(C(=O)Oc2ccc(OC(=O)C3CCC(C(=O)Oc4ccc(OC(=O)c5ccc(OCCCCOC(=O)C=C)cc5)c(C(=O)OCCOCC)c4)CC3)cc2C(=O)OCCOCC)cc1.CN. The quantitative estimate of drug-likeness (QED) is 0.0159. The zero-order valence-corrected chi connectivity index (χ0v) is 45.3. The molecule has 0 unspecified atom stereocenters. The van der Waals surface area contributed by atoms with Gasteiger partial charge in [0.2, 0.25) is 0 Å². The summed E-state index contributed by atoms with van der Waals surface area (Å²) in [5.74, 6) is -6.09. The van der Waals surface area contributed by atoms with Crippen molar-refractivity contribution in [1.82, 2.24) is 0 Å². The Balaban J connectivity index is 0.00000681. The van der Waals surface area contributed by atoms with E-state index in [4.69, 9.17) is 56.8 Å². The average Bonchev–Trinajstić information content (AvgIpc) is 3.49. The van der Waals surface area contributed by atoms with Crippen LogP contribution in [0.3, 0.4) is 0 Å². The van der Waals surface area contributed by atoms with E-state index in [-0.39, 0.29) is 111 Å². The predicted molar refractivity (Wildman–Crippen MR) is 288 cm³/mol. The van der Waals surface area contributed by atoms with Gasteiger partial charge in [0.05, 0.1) is 62.6 Å². The molecule has 0 aromatic heterocycles. The summed E-state index contributed by atoms with van der Waals surface area (Å²) in [6.45, 7) is 12.3. The Kier molecular flexibility index (Phi) is 28.8. The highest BCUT2D eigenvalue weighted by Gasteiger charge is 2.33. The van der Waals surface area contributed by atoms with Gasteiger partial charge >= 0.3 is 47.8 Å². The number of ether oxygens (including phenoxy) is 12. The lowest BCUT2D eigenvalue weighted by molar-refractivity contribution is -0.145. The van der Waals surface area contributed by atoms with Crippen LogP contribution in [0.15, 0.2) is 110 Å². The maximum Gasteiger partial charge on any atom is 0.343 e. The molecule has 1 fully saturated rings. The van der Waals surface area contributed by atoms with E-state index in [1.165, 1.54) is 67.7 Å². The minimum atomic E-state index is -0.858. The number of esters is 8. The van der Waals surface area contributed by atoms with Crippen LogP contribution in [-0.4, -0.2) is 121 Å². The van der Waals surface area contributed by atoms with Crippen molar-refractivity contribution in [1.29, 1.82) is 0 Å². The van der Waals surface area contributed by atoms with Gasteiger partial charge in [-0.25, -0.2) is 28.8 Å². The Morgan fingerprint density at radius 1 is 0.438 bits per heavy atom. The molecule has 4 aromatic rings. The number of rotatable bonds is 32.